The van der Waals surface area contributed by atoms with Gasteiger partial charge in [0, 0.05) is 12.6 Å². The summed E-state index contributed by atoms with van der Waals surface area (Å²) >= 11 is 0. The summed E-state index contributed by atoms with van der Waals surface area (Å²) in [5, 5.41) is 3.57. The number of nitrogens with one attached hydrogen (secondary N) is 1. The predicted molar refractivity (Wildman–Crippen MR) is 76.4 cm³/mol. The van der Waals surface area contributed by atoms with Crippen LogP contribution in [0.2, 0.25) is 0 Å². The molecule has 0 bridgehead atoms. The molecule has 0 aromatic rings. The zero-order valence-corrected chi connectivity index (χ0v) is 12.2. The van der Waals surface area contributed by atoms with Crippen LogP contribution in [0.5, 0.6) is 0 Å². The molecule has 1 N–H and O–H groups in total. The SMILES string of the molecule is CCCN(CCCC(CC)NCC)CC1CC1. The van der Waals surface area contributed by atoms with E-state index in [2.05, 4.69) is 31.0 Å². The summed E-state index contributed by atoms with van der Waals surface area (Å²) in [6.45, 7) is 11.9. The molecule has 0 radical (unpaired) electrons. The number of hydrogen-bond donors (Lipinski definition) is 1. The minimum Gasteiger partial charge on any atom is -0.314 e. The predicted octanol–water partition coefficient (Wildman–Crippen LogP) is 3.28. The highest BCUT2D eigenvalue weighted by molar-refractivity contribution is 4.77. The maximum Gasteiger partial charge on any atom is 0.00647 e. The first-order valence-electron chi connectivity index (χ1n) is 7.75. The highest BCUT2D eigenvalue weighted by Crippen LogP contribution is 2.29. The fourth-order valence-electron chi connectivity index (χ4n) is 2.58. The van der Waals surface area contributed by atoms with Crippen LogP contribution in [0.1, 0.15) is 59.3 Å². The summed E-state index contributed by atoms with van der Waals surface area (Å²) in [6, 6.07) is 0.740. The molecule has 2 nitrogen and oxygen atoms in total. The van der Waals surface area contributed by atoms with E-state index in [1.54, 1.807) is 0 Å². The zero-order valence-electron chi connectivity index (χ0n) is 12.2. The third kappa shape index (κ3) is 7.05. The van der Waals surface area contributed by atoms with Gasteiger partial charge in [0.1, 0.15) is 0 Å². The maximum atomic E-state index is 3.57. The van der Waals surface area contributed by atoms with Gasteiger partial charge in [-0.15, -0.1) is 0 Å². The van der Waals surface area contributed by atoms with Crippen molar-refractivity contribution >= 4 is 0 Å². The molecule has 1 saturated carbocycles. The molecule has 0 heterocycles. The van der Waals surface area contributed by atoms with Gasteiger partial charge in [-0.25, -0.2) is 0 Å². The van der Waals surface area contributed by atoms with Crippen LogP contribution in [0, 0.1) is 5.92 Å². The van der Waals surface area contributed by atoms with Crippen LogP contribution < -0.4 is 5.32 Å². The normalized spacial score (nSPS) is 17.6. The van der Waals surface area contributed by atoms with Gasteiger partial charge >= 0.3 is 0 Å². The Morgan fingerprint density at radius 2 is 1.94 bits per heavy atom. The smallest absolute Gasteiger partial charge is 0.00647 e. The van der Waals surface area contributed by atoms with Gasteiger partial charge in [0.2, 0.25) is 0 Å². The molecule has 0 amide bonds. The van der Waals surface area contributed by atoms with Crippen molar-refractivity contribution in [1.29, 1.82) is 0 Å². The van der Waals surface area contributed by atoms with Gasteiger partial charge < -0.3 is 10.2 Å². The summed E-state index contributed by atoms with van der Waals surface area (Å²) in [7, 11) is 0. The maximum absolute atomic E-state index is 3.57. The first-order valence-corrected chi connectivity index (χ1v) is 7.75. The average Bonchev–Trinajstić information content (AvgIpc) is 3.12. The van der Waals surface area contributed by atoms with Crippen molar-refractivity contribution in [3.05, 3.63) is 0 Å². The van der Waals surface area contributed by atoms with Crippen LogP contribution in [0.25, 0.3) is 0 Å². The molecule has 0 saturated heterocycles. The van der Waals surface area contributed by atoms with Crippen molar-refractivity contribution in [2.24, 2.45) is 5.92 Å². The second kappa shape index (κ2) is 8.93. The van der Waals surface area contributed by atoms with Crippen molar-refractivity contribution in [3.8, 4) is 0 Å². The van der Waals surface area contributed by atoms with E-state index in [0.29, 0.717) is 0 Å². The molecule has 0 aromatic heterocycles. The van der Waals surface area contributed by atoms with Crippen LogP contribution >= 0.6 is 0 Å². The monoisotopic (exact) mass is 240 g/mol. The molecule has 1 rings (SSSR count). The summed E-state index contributed by atoms with van der Waals surface area (Å²) in [5.41, 5.74) is 0. The van der Waals surface area contributed by atoms with E-state index < -0.39 is 0 Å². The van der Waals surface area contributed by atoms with E-state index in [4.69, 9.17) is 0 Å². The second-order valence-corrected chi connectivity index (χ2v) is 5.55. The molecule has 2 heteroatoms. The van der Waals surface area contributed by atoms with Crippen molar-refractivity contribution in [2.75, 3.05) is 26.2 Å². The fourth-order valence-corrected chi connectivity index (χ4v) is 2.58. The van der Waals surface area contributed by atoms with Gasteiger partial charge in [-0.3, -0.25) is 0 Å². The largest absolute Gasteiger partial charge is 0.314 e. The molecule has 102 valence electrons. The molecule has 1 unspecified atom stereocenters. The van der Waals surface area contributed by atoms with Gasteiger partial charge in [-0.05, 0) is 64.1 Å². The van der Waals surface area contributed by atoms with Crippen LogP contribution in [0.4, 0.5) is 0 Å². The number of hydrogen-bond acceptors (Lipinski definition) is 2. The first kappa shape index (κ1) is 15.0. The third-order valence-corrected chi connectivity index (χ3v) is 3.77. The van der Waals surface area contributed by atoms with Crippen LogP contribution in [0.15, 0.2) is 0 Å². The standard InChI is InChI=1S/C15H32N2/c1-4-11-17(13-14-9-10-14)12-7-8-15(5-2)16-6-3/h14-16H,4-13H2,1-3H3. The van der Waals surface area contributed by atoms with E-state index in [1.165, 1.54) is 58.2 Å². The molecule has 17 heavy (non-hydrogen) atoms. The summed E-state index contributed by atoms with van der Waals surface area (Å²) in [6.07, 6.45) is 8.24. The Labute approximate surface area is 108 Å². The van der Waals surface area contributed by atoms with Crippen molar-refractivity contribution < 1.29 is 0 Å². The first-order chi connectivity index (χ1) is 8.30. The van der Waals surface area contributed by atoms with Gasteiger partial charge in [0.25, 0.3) is 0 Å². The van der Waals surface area contributed by atoms with Gasteiger partial charge in [-0.1, -0.05) is 20.8 Å². The van der Waals surface area contributed by atoms with Crippen molar-refractivity contribution in [2.45, 2.75) is 65.3 Å². The van der Waals surface area contributed by atoms with E-state index in [1.807, 2.05) is 0 Å². The quantitative estimate of drug-likeness (QED) is 0.596. The van der Waals surface area contributed by atoms with E-state index in [0.717, 1.165) is 18.5 Å². The van der Waals surface area contributed by atoms with Gasteiger partial charge in [-0.2, -0.15) is 0 Å². The fraction of sp³-hybridized carbons (Fsp3) is 1.00. The van der Waals surface area contributed by atoms with Crippen molar-refractivity contribution in [1.82, 2.24) is 10.2 Å². The third-order valence-electron chi connectivity index (χ3n) is 3.77. The van der Waals surface area contributed by atoms with Gasteiger partial charge in [0.05, 0.1) is 0 Å². The lowest BCUT2D eigenvalue weighted by Crippen LogP contribution is -2.31. The summed E-state index contributed by atoms with van der Waals surface area (Å²) < 4.78 is 0. The molecule has 1 fully saturated rings. The van der Waals surface area contributed by atoms with Gasteiger partial charge in [0.15, 0.2) is 0 Å². The Balaban J connectivity index is 2.11. The second-order valence-electron chi connectivity index (χ2n) is 5.55. The van der Waals surface area contributed by atoms with Crippen LogP contribution in [-0.4, -0.2) is 37.1 Å². The van der Waals surface area contributed by atoms with Crippen molar-refractivity contribution in [3.63, 3.8) is 0 Å². The zero-order chi connectivity index (χ0) is 12.5. The minimum absolute atomic E-state index is 0.740. The summed E-state index contributed by atoms with van der Waals surface area (Å²) in [4.78, 5) is 2.69. The Morgan fingerprint density at radius 3 is 2.47 bits per heavy atom. The number of rotatable bonds is 11. The topological polar surface area (TPSA) is 15.3 Å². The Morgan fingerprint density at radius 1 is 1.18 bits per heavy atom. The Kier molecular flexibility index (Phi) is 7.87. The highest BCUT2D eigenvalue weighted by Gasteiger charge is 2.23. The molecular formula is C15H32N2. The molecule has 0 spiro atoms. The Bertz CT molecular complexity index is 178. The lowest BCUT2D eigenvalue weighted by Gasteiger charge is -2.23. The molecular weight excluding hydrogens is 208 g/mol. The van der Waals surface area contributed by atoms with Crippen LogP contribution in [0.3, 0.4) is 0 Å². The van der Waals surface area contributed by atoms with Crippen LogP contribution in [-0.2, 0) is 0 Å². The Hall–Kier alpha value is -0.0800. The molecule has 0 aliphatic heterocycles. The average molecular weight is 240 g/mol. The molecule has 0 aromatic carbocycles. The molecule has 1 aliphatic rings. The van der Waals surface area contributed by atoms with E-state index in [9.17, 15) is 0 Å². The molecule has 1 aliphatic carbocycles. The van der Waals surface area contributed by atoms with E-state index in [-0.39, 0.29) is 0 Å². The minimum atomic E-state index is 0.740. The molecule has 1 atom stereocenters. The number of nitrogens with zero attached hydrogens (tertiary/aromatic N) is 1. The lowest BCUT2D eigenvalue weighted by atomic mass is 10.1. The summed E-state index contributed by atoms with van der Waals surface area (Å²) in [5.74, 6) is 1.04. The lowest BCUT2D eigenvalue weighted by molar-refractivity contribution is 0.252. The highest BCUT2D eigenvalue weighted by atomic mass is 15.1. The van der Waals surface area contributed by atoms with E-state index >= 15 is 0 Å².